The van der Waals surface area contributed by atoms with Gasteiger partial charge in [-0.1, -0.05) is 0 Å². The Balaban J connectivity index is 1.54. The van der Waals surface area contributed by atoms with Crippen molar-refractivity contribution in [1.29, 1.82) is 0 Å². The second-order valence-electron chi connectivity index (χ2n) is 7.06. The lowest BCUT2D eigenvalue weighted by molar-refractivity contribution is -0.142. The first-order valence-corrected chi connectivity index (χ1v) is 9.20. The van der Waals surface area contributed by atoms with Gasteiger partial charge in [0.15, 0.2) is 0 Å². The summed E-state index contributed by atoms with van der Waals surface area (Å²) in [5, 5.41) is 14.8. The molecule has 0 bridgehead atoms. The number of carbonyl (C=O) groups is 3. The monoisotopic (exact) mass is 375 g/mol. The fourth-order valence-electron chi connectivity index (χ4n) is 3.78. The van der Waals surface area contributed by atoms with Gasteiger partial charge in [0, 0.05) is 31.1 Å². The molecule has 0 saturated heterocycles. The minimum atomic E-state index is -0.755. The predicted molar refractivity (Wildman–Crippen MR) is 99.9 cm³/mol. The molecule has 0 aromatic heterocycles. The van der Waals surface area contributed by atoms with Gasteiger partial charge in [0.2, 0.25) is 0 Å². The van der Waals surface area contributed by atoms with Crippen LogP contribution in [0.1, 0.15) is 31.2 Å². The average Bonchev–Trinajstić information content (AvgIpc) is 3.05. The summed E-state index contributed by atoms with van der Waals surface area (Å²) in [5.41, 5.74) is 2.54. The second-order valence-corrected chi connectivity index (χ2v) is 7.06. The number of nitrogens with zero attached hydrogens (tertiary/aromatic N) is 1. The molecule has 146 valence electrons. The predicted octanol–water partition coefficient (Wildman–Crippen LogP) is 1.99. The lowest BCUT2D eigenvalue weighted by atomic mass is 9.86. The van der Waals surface area contributed by atoms with Gasteiger partial charge in [0.05, 0.1) is 5.92 Å². The Bertz CT molecular complexity index is 728. The molecule has 3 N–H and O–H groups in total. The molecule has 1 saturated carbocycles. The van der Waals surface area contributed by atoms with Gasteiger partial charge < -0.3 is 25.4 Å². The van der Waals surface area contributed by atoms with Gasteiger partial charge in [0.25, 0.3) is 5.91 Å². The van der Waals surface area contributed by atoms with Crippen molar-refractivity contribution in [1.82, 2.24) is 5.32 Å². The third-order valence-corrected chi connectivity index (χ3v) is 5.21. The van der Waals surface area contributed by atoms with Gasteiger partial charge in [-0.05, 0) is 55.9 Å². The van der Waals surface area contributed by atoms with E-state index in [1.807, 2.05) is 12.1 Å². The molecule has 0 atom stereocenters. The topological polar surface area (TPSA) is 108 Å². The Morgan fingerprint density at radius 2 is 1.96 bits per heavy atom. The number of ether oxygens (including phenoxy) is 1. The third-order valence-electron chi connectivity index (χ3n) is 5.21. The fourth-order valence-corrected chi connectivity index (χ4v) is 3.78. The van der Waals surface area contributed by atoms with E-state index in [4.69, 9.17) is 9.84 Å². The highest BCUT2D eigenvalue weighted by molar-refractivity contribution is 5.97. The van der Waals surface area contributed by atoms with Crippen LogP contribution in [-0.4, -0.2) is 49.3 Å². The highest BCUT2D eigenvalue weighted by atomic mass is 16.5. The van der Waals surface area contributed by atoms with Gasteiger partial charge in [-0.3, -0.25) is 9.59 Å². The zero-order valence-electron chi connectivity index (χ0n) is 15.4. The van der Waals surface area contributed by atoms with Crippen LogP contribution in [0.5, 0.6) is 0 Å². The standard InChI is InChI=1S/C19H25N3O5/c1-27-11-17(23)22-9-8-13-10-15(6-7-16(13)22)21-19(26)20-14-4-2-12(3-5-14)18(24)25/h6-7,10,12,14H,2-5,8-9,11H2,1H3,(H,24,25)(H2,20,21,26). The van der Waals surface area contributed by atoms with Crippen molar-refractivity contribution in [3.05, 3.63) is 23.8 Å². The van der Waals surface area contributed by atoms with E-state index >= 15 is 0 Å². The number of urea groups is 1. The number of hydrogen-bond donors (Lipinski definition) is 3. The number of hydrogen-bond acceptors (Lipinski definition) is 4. The second kappa shape index (κ2) is 8.39. The number of carbonyl (C=O) groups excluding carboxylic acids is 2. The van der Waals surface area contributed by atoms with Gasteiger partial charge in [-0.25, -0.2) is 4.79 Å². The van der Waals surface area contributed by atoms with E-state index in [9.17, 15) is 14.4 Å². The van der Waals surface area contributed by atoms with E-state index in [0.29, 0.717) is 37.9 Å². The minimum absolute atomic E-state index is 0.00261. The molecular weight excluding hydrogens is 350 g/mol. The number of fused-ring (bicyclic) bond motifs is 1. The van der Waals surface area contributed by atoms with E-state index in [1.54, 1.807) is 11.0 Å². The lowest BCUT2D eigenvalue weighted by Gasteiger charge is -2.26. The van der Waals surface area contributed by atoms with Crippen LogP contribution in [0.15, 0.2) is 18.2 Å². The molecule has 1 aliphatic heterocycles. The molecule has 0 spiro atoms. The summed E-state index contributed by atoms with van der Waals surface area (Å²) in [4.78, 5) is 37.0. The van der Waals surface area contributed by atoms with Crippen molar-refractivity contribution in [3.8, 4) is 0 Å². The van der Waals surface area contributed by atoms with E-state index in [0.717, 1.165) is 17.7 Å². The van der Waals surface area contributed by atoms with Gasteiger partial charge in [0.1, 0.15) is 6.61 Å². The van der Waals surface area contributed by atoms with Gasteiger partial charge >= 0.3 is 12.0 Å². The maximum absolute atomic E-state index is 12.2. The zero-order chi connectivity index (χ0) is 19.4. The molecule has 3 rings (SSSR count). The summed E-state index contributed by atoms with van der Waals surface area (Å²) in [6.07, 6.45) is 3.26. The van der Waals surface area contributed by atoms with Crippen LogP contribution in [-0.2, 0) is 20.7 Å². The Morgan fingerprint density at radius 1 is 1.22 bits per heavy atom. The maximum atomic E-state index is 12.2. The molecule has 3 amide bonds. The number of carboxylic acid groups (broad SMARTS) is 1. The Kier molecular flexibility index (Phi) is 5.95. The lowest BCUT2D eigenvalue weighted by Crippen LogP contribution is -2.41. The van der Waals surface area contributed by atoms with Crippen LogP contribution in [0.2, 0.25) is 0 Å². The molecule has 27 heavy (non-hydrogen) atoms. The normalized spacial score (nSPS) is 21.4. The van der Waals surface area contributed by atoms with Crippen LogP contribution in [0.4, 0.5) is 16.2 Å². The largest absolute Gasteiger partial charge is 0.481 e. The summed E-state index contributed by atoms with van der Waals surface area (Å²) in [6.45, 7) is 0.659. The van der Waals surface area contributed by atoms with Crippen molar-refractivity contribution < 1.29 is 24.2 Å². The maximum Gasteiger partial charge on any atom is 0.319 e. The highest BCUT2D eigenvalue weighted by Gasteiger charge is 2.27. The summed E-state index contributed by atoms with van der Waals surface area (Å²) in [5.74, 6) is -1.13. The minimum Gasteiger partial charge on any atom is -0.481 e. The first-order valence-electron chi connectivity index (χ1n) is 9.20. The van der Waals surface area contributed by atoms with Crippen molar-refractivity contribution >= 4 is 29.3 Å². The molecule has 8 nitrogen and oxygen atoms in total. The van der Waals surface area contributed by atoms with Crippen LogP contribution in [0.3, 0.4) is 0 Å². The van der Waals surface area contributed by atoms with E-state index in [-0.39, 0.29) is 30.5 Å². The number of amides is 3. The Labute approximate surface area is 157 Å². The van der Waals surface area contributed by atoms with Crippen LogP contribution >= 0.6 is 0 Å². The van der Waals surface area contributed by atoms with Crippen molar-refractivity contribution in [3.63, 3.8) is 0 Å². The molecule has 1 heterocycles. The number of aliphatic carboxylic acids is 1. The molecule has 1 fully saturated rings. The first kappa shape index (κ1) is 19.2. The van der Waals surface area contributed by atoms with Crippen molar-refractivity contribution in [2.75, 3.05) is 30.5 Å². The number of anilines is 2. The molecule has 1 aromatic carbocycles. The number of methoxy groups -OCH3 is 1. The number of carboxylic acids is 1. The van der Waals surface area contributed by atoms with Crippen LogP contribution < -0.4 is 15.5 Å². The number of benzene rings is 1. The summed E-state index contributed by atoms with van der Waals surface area (Å²) in [6, 6.07) is 5.20. The fraction of sp³-hybridized carbons (Fsp3) is 0.526. The number of rotatable bonds is 5. The van der Waals surface area contributed by atoms with Gasteiger partial charge in [-0.2, -0.15) is 0 Å². The van der Waals surface area contributed by atoms with Crippen LogP contribution in [0.25, 0.3) is 0 Å². The van der Waals surface area contributed by atoms with E-state index < -0.39 is 5.97 Å². The molecule has 8 heteroatoms. The molecular formula is C19H25N3O5. The Morgan fingerprint density at radius 3 is 2.63 bits per heavy atom. The Hall–Kier alpha value is -2.61. The van der Waals surface area contributed by atoms with Crippen molar-refractivity contribution in [2.45, 2.75) is 38.1 Å². The van der Waals surface area contributed by atoms with Gasteiger partial charge in [-0.15, -0.1) is 0 Å². The van der Waals surface area contributed by atoms with Crippen molar-refractivity contribution in [2.24, 2.45) is 5.92 Å². The average molecular weight is 375 g/mol. The molecule has 1 aliphatic carbocycles. The zero-order valence-corrected chi connectivity index (χ0v) is 15.4. The molecule has 2 aliphatic rings. The smallest absolute Gasteiger partial charge is 0.319 e. The van der Waals surface area contributed by atoms with E-state index in [1.165, 1.54) is 7.11 Å². The summed E-state index contributed by atoms with van der Waals surface area (Å²) < 4.78 is 4.91. The molecule has 0 unspecified atom stereocenters. The molecule has 0 radical (unpaired) electrons. The summed E-state index contributed by atoms with van der Waals surface area (Å²) in [7, 11) is 1.49. The van der Waals surface area contributed by atoms with Crippen LogP contribution in [0, 0.1) is 5.92 Å². The number of nitrogens with one attached hydrogen (secondary N) is 2. The SMILES string of the molecule is COCC(=O)N1CCc2cc(NC(=O)NC3CCC(C(=O)O)CC3)ccc21. The quantitative estimate of drug-likeness (QED) is 0.729. The first-order chi connectivity index (χ1) is 13.0. The van der Waals surface area contributed by atoms with E-state index in [2.05, 4.69) is 10.6 Å². The third kappa shape index (κ3) is 4.57. The molecule has 1 aromatic rings. The summed E-state index contributed by atoms with van der Waals surface area (Å²) >= 11 is 0. The highest BCUT2D eigenvalue weighted by Crippen LogP contribution is 2.30.